The number of benzene rings is 2. The first-order chi connectivity index (χ1) is 12.6. The van der Waals surface area contributed by atoms with Crippen LogP contribution >= 0.6 is 11.3 Å². The first kappa shape index (κ1) is 16.4. The Morgan fingerprint density at radius 3 is 2.65 bits per heavy atom. The van der Waals surface area contributed by atoms with Crippen molar-refractivity contribution < 1.29 is 13.6 Å². The summed E-state index contributed by atoms with van der Waals surface area (Å²) in [4.78, 5) is 17.0. The number of rotatable bonds is 3. The van der Waals surface area contributed by atoms with Crippen LogP contribution in [-0.4, -0.2) is 10.8 Å². The molecular formula is C20H12F2N2OS. The third kappa shape index (κ3) is 2.64. The minimum atomic E-state index is -0.922. The molecule has 0 aliphatic heterocycles. The average Bonchev–Trinajstić information content (AvgIpc) is 3.05. The van der Waals surface area contributed by atoms with E-state index in [0.717, 1.165) is 27.8 Å². The second kappa shape index (κ2) is 6.31. The molecule has 2 aromatic heterocycles. The van der Waals surface area contributed by atoms with Crippen molar-refractivity contribution in [2.24, 2.45) is 0 Å². The number of nitrogen functional groups attached to an aromatic ring is 1. The van der Waals surface area contributed by atoms with Gasteiger partial charge in [0, 0.05) is 38.9 Å². The van der Waals surface area contributed by atoms with Crippen LogP contribution in [0, 0.1) is 11.6 Å². The van der Waals surface area contributed by atoms with Crippen molar-refractivity contribution in [3.63, 3.8) is 0 Å². The molecule has 2 heterocycles. The van der Waals surface area contributed by atoms with Gasteiger partial charge in [0.05, 0.1) is 16.9 Å². The number of aromatic nitrogens is 1. The second-order valence-corrected chi connectivity index (χ2v) is 6.63. The number of carbonyl (C=O) groups excluding carboxylic acids is 1. The first-order valence-electron chi connectivity index (χ1n) is 7.77. The van der Waals surface area contributed by atoms with Crippen LogP contribution in [0.4, 0.5) is 14.5 Å². The van der Waals surface area contributed by atoms with Crippen LogP contribution in [0.2, 0.25) is 0 Å². The molecule has 0 amide bonds. The fourth-order valence-electron chi connectivity index (χ4n) is 2.87. The lowest BCUT2D eigenvalue weighted by molar-refractivity contribution is 0.103. The Morgan fingerprint density at radius 2 is 1.85 bits per heavy atom. The zero-order valence-electron chi connectivity index (χ0n) is 13.4. The minimum absolute atomic E-state index is 0.135. The number of nitrogens with zero attached hydrogens (tertiary/aromatic N) is 1. The number of ketones is 1. The quantitative estimate of drug-likeness (QED) is 0.516. The molecule has 128 valence electrons. The summed E-state index contributed by atoms with van der Waals surface area (Å²) >= 11 is 1.55. The van der Waals surface area contributed by atoms with Gasteiger partial charge >= 0.3 is 0 Å². The lowest BCUT2D eigenvalue weighted by Gasteiger charge is -2.10. The van der Waals surface area contributed by atoms with Crippen molar-refractivity contribution in [3.05, 3.63) is 82.9 Å². The summed E-state index contributed by atoms with van der Waals surface area (Å²) in [6.45, 7) is 0. The fourth-order valence-corrected chi connectivity index (χ4v) is 3.81. The summed E-state index contributed by atoms with van der Waals surface area (Å²) in [6, 6.07) is 12.1. The van der Waals surface area contributed by atoms with E-state index in [1.807, 2.05) is 29.6 Å². The highest BCUT2D eigenvalue weighted by atomic mass is 32.1. The number of anilines is 1. The Kier molecular flexibility index (Phi) is 3.97. The van der Waals surface area contributed by atoms with Crippen molar-refractivity contribution in [2.45, 2.75) is 0 Å². The van der Waals surface area contributed by atoms with E-state index in [-0.39, 0.29) is 16.8 Å². The Labute approximate surface area is 151 Å². The predicted molar refractivity (Wildman–Crippen MR) is 99.3 cm³/mol. The van der Waals surface area contributed by atoms with Gasteiger partial charge in [-0.3, -0.25) is 9.78 Å². The van der Waals surface area contributed by atoms with Gasteiger partial charge in [0.25, 0.3) is 0 Å². The van der Waals surface area contributed by atoms with Gasteiger partial charge in [-0.1, -0.05) is 18.2 Å². The average molecular weight is 366 g/mol. The van der Waals surface area contributed by atoms with Gasteiger partial charge in [-0.05, 0) is 24.3 Å². The minimum Gasteiger partial charge on any atom is -0.396 e. The molecule has 6 heteroatoms. The van der Waals surface area contributed by atoms with Crippen molar-refractivity contribution >= 4 is 32.9 Å². The van der Waals surface area contributed by atoms with E-state index in [0.29, 0.717) is 11.8 Å². The normalized spacial score (nSPS) is 11.0. The molecule has 0 aliphatic carbocycles. The third-order valence-electron chi connectivity index (χ3n) is 4.15. The highest BCUT2D eigenvalue weighted by molar-refractivity contribution is 7.17. The zero-order chi connectivity index (χ0) is 18.3. The largest absolute Gasteiger partial charge is 0.396 e. The molecule has 0 aliphatic rings. The van der Waals surface area contributed by atoms with Crippen molar-refractivity contribution in [3.8, 4) is 11.3 Å². The van der Waals surface area contributed by atoms with E-state index >= 15 is 0 Å². The van der Waals surface area contributed by atoms with E-state index in [9.17, 15) is 13.6 Å². The highest BCUT2D eigenvalue weighted by Gasteiger charge is 2.20. The van der Waals surface area contributed by atoms with Gasteiger partial charge < -0.3 is 5.73 Å². The fraction of sp³-hybridized carbons (Fsp3) is 0. The van der Waals surface area contributed by atoms with Crippen molar-refractivity contribution in [1.82, 2.24) is 4.98 Å². The molecule has 0 saturated carbocycles. The molecule has 0 unspecified atom stereocenters. The molecule has 0 atom stereocenters. The maximum absolute atomic E-state index is 14.0. The number of pyridine rings is 1. The van der Waals surface area contributed by atoms with Crippen molar-refractivity contribution in [1.29, 1.82) is 0 Å². The maximum Gasteiger partial charge on any atom is 0.198 e. The molecule has 2 aromatic carbocycles. The Balaban J connectivity index is 1.85. The zero-order valence-corrected chi connectivity index (χ0v) is 14.2. The number of fused-ring (bicyclic) bond motifs is 1. The van der Waals surface area contributed by atoms with Gasteiger partial charge in [0.1, 0.15) is 11.6 Å². The maximum atomic E-state index is 14.0. The first-order valence-corrected chi connectivity index (χ1v) is 8.65. The van der Waals surface area contributed by atoms with Crippen LogP contribution < -0.4 is 5.73 Å². The van der Waals surface area contributed by atoms with Crippen molar-refractivity contribution in [2.75, 3.05) is 5.73 Å². The Hall–Kier alpha value is -3.12. The monoisotopic (exact) mass is 366 g/mol. The summed E-state index contributed by atoms with van der Waals surface area (Å²) in [6.07, 6.45) is 1.47. The van der Waals surface area contributed by atoms with Gasteiger partial charge in [-0.15, -0.1) is 11.3 Å². The van der Waals surface area contributed by atoms with E-state index < -0.39 is 17.4 Å². The van der Waals surface area contributed by atoms with E-state index in [1.165, 1.54) is 12.3 Å². The molecule has 26 heavy (non-hydrogen) atoms. The van der Waals surface area contributed by atoms with Gasteiger partial charge in [-0.25, -0.2) is 8.78 Å². The molecule has 0 bridgehead atoms. The van der Waals surface area contributed by atoms with E-state index in [1.54, 1.807) is 11.3 Å². The molecule has 0 fully saturated rings. The lowest BCUT2D eigenvalue weighted by atomic mass is 9.99. The Bertz CT molecular complexity index is 1150. The van der Waals surface area contributed by atoms with Crippen LogP contribution in [0.5, 0.6) is 0 Å². The SMILES string of the molecule is Nc1c(C(=O)c2ccc(F)cc2F)ccnc1-c1csc2ccccc12. The van der Waals surface area contributed by atoms with E-state index in [4.69, 9.17) is 5.73 Å². The number of thiophene rings is 1. The van der Waals surface area contributed by atoms with Crippen LogP contribution in [0.3, 0.4) is 0 Å². The lowest BCUT2D eigenvalue weighted by Crippen LogP contribution is -2.09. The molecule has 0 saturated heterocycles. The summed E-state index contributed by atoms with van der Waals surface area (Å²) in [5, 5.41) is 2.91. The molecule has 2 N–H and O–H groups in total. The third-order valence-corrected chi connectivity index (χ3v) is 5.11. The molecule has 4 rings (SSSR count). The molecule has 3 nitrogen and oxygen atoms in total. The highest BCUT2D eigenvalue weighted by Crippen LogP contribution is 2.36. The van der Waals surface area contributed by atoms with Crippen LogP contribution in [0.25, 0.3) is 21.3 Å². The number of carbonyl (C=O) groups is 1. The molecule has 0 spiro atoms. The number of halogens is 2. The second-order valence-electron chi connectivity index (χ2n) is 5.72. The number of hydrogen-bond donors (Lipinski definition) is 1. The molecule has 4 aromatic rings. The van der Waals surface area contributed by atoms with Gasteiger partial charge in [0.2, 0.25) is 0 Å². The van der Waals surface area contributed by atoms with Gasteiger partial charge in [-0.2, -0.15) is 0 Å². The number of nitrogens with two attached hydrogens (primary N) is 1. The standard InChI is InChI=1S/C20H12F2N2OS/c21-11-5-6-13(16(22)9-11)20(25)14-7-8-24-19(18(14)23)15-10-26-17-4-2-1-3-12(15)17/h1-10H,23H2. The predicted octanol–water partition coefficient (Wildman–Crippen LogP) is 5.05. The topological polar surface area (TPSA) is 56.0 Å². The van der Waals surface area contributed by atoms with Crippen LogP contribution in [0.15, 0.2) is 60.1 Å². The summed E-state index contributed by atoms with van der Waals surface area (Å²) < 4.78 is 28.2. The van der Waals surface area contributed by atoms with Gasteiger partial charge in [0.15, 0.2) is 5.78 Å². The molecular weight excluding hydrogens is 354 g/mol. The van der Waals surface area contributed by atoms with E-state index in [2.05, 4.69) is 4.98 Å². The number of hydrogen-bond acceptors (Lipinski definition) is 4. The summed E-state index contributed by atoms with van der Waals surface area (Å²) in [5.74, 6) is -2.27. The molecule has 0 radical (unpaired) electrons. The van der Waals surface area contributed by atoms with Crippen LogP contribution in [0.1, 0.15) is 15.9 Å². The Morgan fingerprint density at radius 1 is 1.04 bits per heavy atom. The van der Waals surface area contributed by atoms with Crippen LogP contribution in [-0.2, 0) is 0 Å². The summed E-state index contributed by atoms with van der Waals surface area (Å²) in [7, 11) is 0. The smallest absolute Gasteiger partial charge is 0.198 e. The summed E-state index contributed by atoms with van der Waals surface area (Å²) in [5.41, 5.74) is 7.57.